The van der Waals surface area contributed by atoms with Crippen LogP contribution in [0.5, 0.6) is 0 Å². The van der Waals surface area contributed by atoms with Gasteiger partial charge in [-0.3, -0.25) is 0 Å². The molecule has 1 aromatic rings. The molecular weight excluding hydrogens is 222 g/mol. The molecule has 0 aliphatic heterocycles. The van der Waals surface area contributed by atoms with E-state index in [1.165, 1.54) is 24.0 Å². The third-order valence-electron chi connectivity index (χ3n) is 3.17. The van der Waals surface area contributed by atoms with E-state index in [1.54, 1.807) is 0 Å². The lowest BCUT2D eigenvalue weighted by Gasteiger charge is -2.13. The van der Waals surface area contributed by atoms with Gasteiger partial charge in [0.25, 0.3) is 0 Å². The predicted octanol–water partition coefficient (Wildman–Crippen LogP) is 3.75. The summed E-state index contributed by atoms with van der Waals surface area (Å²) in [6.45, 7) is 10.1. The normalized spacial score (nSPS) is 12.6. The Morgan fingerprint density at radius 3 is 2.56 bits per heavy atom. The average Bonchev–Trinajstić information content (AvgIpc) is 2.38. The quantitative estimate of drug-likeness (QED) is 0.719. The van der Waals surface area contributed by atoms with E-state index in [2.05, 4.69) is 43.4 Å². The molecule has 0 amide bonds. The third-order valence-corrected chi connectivity index (χ3v) is 3.17. The van der Waals surface area contributed by atoms with E-state index in [9.17, 15) is 0 Å². The zero-order valence-corrected chi connectivity index (χ0v) is 12.0. The fourth-order valence-electron chi connectivity index (χ4n) is 2.13. The molecule has 0 radical (unpaired) electrons. The molecule has 0 aromatic heterocycles. The fraction of sp³-hybridized carbons (Fsp3) is 0.625. The van der Waals surface area contributed by atoms with Crippen LogP contribution in [0.2, 0.25) is 0 Å². The van der Waals surface area contributed by atoms with E-state index in [1.807, 2.05) is 6.92 Å². The molecule has 2 heteroatoms. The van der Waals surface area contributed by atoms with Crippen LogP contribution in [0, 0.1) is 5.92 Å². The van der Waals surface area contributed by atoms with E-state index in [0.29, 0.717) is 0 Å². The maximum absolute atomic E-state index is 5.50. The van der Waals surface area contributed by atoms with E-state index in [4.69, 9.17) is 4.74 Å². The molecule has 1 unspecified atom stereocenters. The lowest BCUT2D eigenvalue weighted by Crippen LogP contribution is -2.21. The van der Waals surface area contributed by atoms with Gasteiger partial charge in [-0.15, -0.1) is 0 Å². The second-order valence-electron chi connectivity index (χ2n) is 4.93. The highest BCUT2D eigenvalue weighted by molar-refractivity contribution is 5.26. The van der Waals surface area contributed by atoms with Crippen LogP contribution in [0.4, 0.5) is 0 Å². The van der Waals surface area contributed by atoms with Gasteiger partial charge in [0.15, 0.2) is 0 Å². The molecule has 18 heavy (non-hydrogen) atoms. The van der Waals surface area contributed by atoms with Gasteiger partial charge in [-0.2, -0.15) is 0 Å². The summed E-state index contributed by atoms with van der Waals surface area (Å²) >= 11 is 0. The zero-order chi connectivity index (χ0) is 13.2. The van der Waals surface area contributed by atoms with E-state index >= 15 is 0 Å². The van der Waals surface area contributed by atoms with Crippen molar-refractivity contribution in [2.45, 2.75) is 46.8 Å². The monoisotopic (exact) mass is 249 g/mol. The summed E-state index contributed by atoms with van der Waals surface area (Å²) in [6.07, 6.45) is 2.57. The second-order valence-corrected chi connectivity index (χ2v) is 4.93. The van der Waals surface area contributed by atoms with Gasteiger partial charge in [-0.1, -0.05) is 44.5 Å². The van der Waals surface area contributed by atoms with Gasteiger partial charge in [0.05, 0.1) is 6.61 Å². The molecule has 0 heterocycles. The van der Waals surface area contributed by atoms with Crippen LogP contribution in [0.25, 0.3) is 0 Å². The van der Waals surface area contributed by atoms with Crippen molar-refractivity contribution in [2.24, 2.45) is 5.92 Å². The SMILES string of the molecule is CCCC(C)CNCc1ccccc1COCC. The van der Waals surface area contributed by atoms with Crippen LogP contribution in [0.15, 0.2) is 24.3 Å². The second kappa shape index (κ2) is 9.12. The Labute approximate surface area is 112 Å². The molecule has 1 atom stereocenters. The van der Waals surface area contributed by atoms with Crippen LogP contribution >= 0.6 is 0 Å². The van der Waals surface area contributed by atoms with Gasteiger partial charge < -0.3 is 10.1 Å². The Kier molecular flexibility index (Phi) is 7.70. The summed E-state index contributed by atoms with van der Waals surface area (Å²) in [5.41, 5.74) is 2.66. The summed E-state index contributed by atoms with van der Waals surface area (Å²) in [4.78, 5) is 0. The highest BCUT2D eigenvalue weighted by Crippen LogP contribution is 2.10. The summed E-state index contributed by atoms with van der Waals surface area (Å²) in [5.74, 6) is 0.758. The van der Waals surface area contributed by atoms with Crippen molar-refractivity contribution in [3.63, 3.8) is 0 Å². The van der Waals surface area contributed by atoms with Gasteiger partial charge in [0, 0.05) is 13.2 Å². The number of hydrogen-bond donors (Lipinski definition) is 1. The Morgan fingerprint density at radius 2 is 1.89 bits per heavy atom. The standard InChI is InChI=1S/C16H27NO/c1-4-8-14(3)11-17-12-15-9-6-7-10-16(15)13-18-5-2/h6-7,9-10,14,17H,4-5,8,11-13H2,1-3H3. The molecule has 102 valence electrons. The third kappa shape index (κ3) is 5.65. The first-order valence-corrected chi connectivity index (χ1v) is 7.13. The number of rotatable bonds is 9. The van der Waals surface area contributed by atoms with Crippen molar-refractivity contribution >= 4 is 0 Å². The number of benzene rings is 1. The van der Waals surface area contributed by atoms with Crippen molar-refractivity contribution < 1.29 is 4.74 Å². The molecule has 0 spiro atoms. The minimum atomic E-state index is 0.721. The Hall–Kier alpha value is -0.860. The van der Waals surface area contributed by atoms with Crippen LogP contribution in [-0.4, -0.2) is 13.2 Å². The lowest BCUT2D eigenvalue weighted by molar-refractivity contribution is 0.133. The van der Waals surface area contributed by atoms with Crippen LogP contribution in [-0.2, 0) is 17.9 Å². The van der Waals surface area contributed by atoms with Crippen molar-refractivity contribution in [1.29, 1.82) is 0 Å². The van der Waals surface area contributed by atoms with Crippen molar-refractivity contribution in [3.05, 3.63) is 35.4 Å². The topological polar surface area (TPSA) is 21.3 Å². The summed E-state index contributed by atoms with van der Waals surface area (Å²) in [6, 6.07) is 8.52. The molecule has 0 aliphatic rings. The first-order chi connectivity index (χ1) is 8.77. The number of ether oxygens (including phenoxy) is 1. The predicted molar refractivity (Wildman–Crippen MR) is 77.6 cm³/mol. The summed E-state index contributed by atoms with van der Waals surface area (Å²) in [7, 11) is 0. The molecule has 1 aromatic carbocycles. The van der Waals surface area contributed by atoms with E-state index in [-0.39, 0.29) is 0 Å². The summed E-state index contributed by atoms with van der Waals surface area (Å²) < 4.78 is 5.50. The zero-order valence-electron chi connectivity index (χ0n) is 12.0. The molecule has 0 aliphatic carbocycles. The largest absolute Gasteiger partial charge is 0.377 e. The van der Waals surface area contributed by atoms with Gasteiger partial charge in [-0.25, -0.2) is 0 Å². The highest BCUT2D eigenvalue weighted by atomic mass is 16.5. The molecule has 0 bridgehead atoms. The van der Waals surface area contributed by atoms with Gasteiger partial charge in [-0.05, 0) is 36.9 Å². The molecule has 1 rings (SSSR count). The maximum Gasteiger partial charge on any atom is 0.0719 e. The molecule has 2 nitrogen and oxygen atoms in total. The van der Waals surface area contributed by atoms with Gasteiger partial charge in [0.1, 0.15) is 0 Å². The van der Waals surface area contributed by atoms with Gasteiger partial charge in [0.2, 0.25) is 0 Å². The smallest absolute Gasteiger partial charge is 0.0719 e. The Bertz CT molecular complexity index is 325. The Balaban J connectivity index is 2.40. The minimum Gasteiger partial charge on any atom is -0.377 e. The Morgan fingerprint density at radius 1 is 1.17 bits per heavy atom. The van der Waals surface area contributed by atoms with Crippen molar-refractivity contribution in [1.82, 2.24) is 5.32 Å². The fourth-order valence-corrected chi connectivity index (χ4v) is 2.13. The molecule has 1 N–H and O–H groups in total. The van der Waals surface area contributed by atoms with Crippen LogP contribution in [0.1, 0.15) is 44.7 Å². The summed E-state index contributed by atoms with van der Waals surface area (Å²) in [5, 5.41) is 3.55. The van der Waals surface area contributed by atoms with Crippen LogP contribution < -0.4 is 5.32 Å². The molecular formula is C16H27NO. The van der Waals surface area contributed by atoms with Crippen molar-refractivity contribution in [2.75, 3.05) is 13.2 Å². The molecule has 0 saturated heterocycles. The average molecular weight is 249 g/mol. The minimum absolute atomic E-state index is 0.721. The maximum atomic E-state index is 5.50. The van der Waals surface area contributed by atoms with E-state index in [0.717, 1.165) is 32.2 Å². The molecule has 0 saturated carbocycles. The van der Waals surface area contributed by atoms with Gasteiger partial charge >= 0.3 is 0 Å². The first-order valence-electron chi connectivity index (χ1n) is 7.13. The molecule has 0 fully saturated rings. The lowest BCUT2D eigenvalue weighted by atomic mass is 10.1. The van der Waals surface area contributed by atoms with Crippen molar-refractivity contribution in [3.8, 4) is 0 Å². The van der Waals surface area contributed by atoms with E-state index < -0.39 is 0 Å². The first kappa shape index (κ1) is 15.2. The number of nitrogens with one attached hydrogen (secondary N) is 1. The number of hydrogen-bond acceptors (Lipinski definition) is 2. The van der Waals surface area contributed by atoms with Crippen LogP contribution in [0.3, 0.4) is 0 Å². The highest BCUT2D eigenvalue weighted by Gasteiger charge is 2.03.